The molecule has 0 saturated carbocycles. The Hall–Kier alpha value is -2.24. The lowest BCUT2D eigenvalue weighted by molar-refractivity contribution is -0.122. The number of hydrogen-bond donors (Lipinski definition) is 2. The average molecular weight is 377 g/mol. The highest BCUT2D eigenvalue weighted by Crippen LogP contribution is 2.13. The molecule has 0 unspecified atom stereocenters. The van der Waals surface area contributed by atoms with Crippen LogP contribution >= 0.6 is 0 Å². The van der Waals surface area contributed by atoms with Crippen LogP contribution in [0.5, 0.6) is 5.75 Å². The van der Waals surface area contributed by atoms with Gasteiger partial charge in [0, 0.05) is 26.2 Å². The largest absolute Gasteiger partial charge is 0.493 e. The molecule has 1 amide bonds. The van der Waals surface area contributed by atoms with Crippen LogP contribution in [0.15, 0.2) is 29.3 Å². The lowest BCUT2D eigenvalue weighted by Gasteiger charge is -2.25. The van der Waals surface area contributed by atoms with Crippen LogP contribution in [0, 0.1) is 5.92 Å². The Morgan fingerprint density at radius 1 is 1.22 bits per heavy atom. The van der Waals surface area contributed by atoms with Crippen molar-refractivity contribution in [3.8, 4) is 5.75 Å². The quantitative estimate of drug-likeness (QED) is 0.541. The van der Waals surface area contributed by atoms with Crippen molar-refractivity contribution in [1.29, 1.82) is 0 Å². The molecule has 0 saturated heterocycles. The molecule has 27 heavy (non-hydrogen) atoms. The van der Waals surface area contributed by atoms with Crippen molar-refractivity contribution in [2.24, 2.45) is 10.9 Å². The molecule has 0 spiro atoms. The van der Waals surface area contributed by atoms with Gasteiger partial charge in [-0.2, -0.15) is 0 Å². The molecule has 0 heterocycles. The zero-order valence-electron chi connectivity index (χ0n) is 17.9. The van der Waals surface area contributed by atoms with Crippen LogP contribution in [0.2, 0.25) is 0 Å². The first-order valence-electron chi connectivity index (χ1n) is 9.55. The first kappa shape index (κ1) is 22.8. The molecule has 1 aromatic carbocycles. The maximum atomic E-state index is 12.1. The number of nitrogens with one attached hydrogen (secondary N) is 2. The summed E-state index contributed by atoms with van der Waals surface area (Å²) < 4.78 is 5.71. The van der Waals surface area contributed by atoms with Gasteiger partial charge in [0.15, 0.2) is 5.96 Å². The van der Waals surface area contributed by atoms with E-state index in [4.69, 9.17) is 4.74 Å². The number of carbonyl (C=O) groups is 1. The van der Waals surface area contributed by atoms with Gasteiger partial charge in [0.2, 0.25) is 5.91 Å². The predicted molar refractivity (Wildman–Crippen MR) is 112 cm³/mol. The van der Waals surface area contributed by atoms with Crippen molar-refractivity contribution in [2.75, 3.05) is 33.8 Å². The summed E-state index contributed by atoms with van der Waals surface area (Å²) in [6, 6.07) is 8.19. The van der Waals surface area contributed by atoms with E-state index in [1.165, 1.54) is 5.56 Å². The lowest BCUT2D eigenvalue weighted by Crippen LogP contribution is -2.49. The van der Waals surface area contributed by atoms with E-state index < -0.39 is 0 Å². The van der Waals surface area contributed by atoms with Gasteiger partial charge in [-0.3, -0.25) is 9.79 Å². The fourth-order valence-electron chi connectivity index (χ4n) is 2.47. The summed E-state index contributed by atoms with van der Waals surface area (Å²) in [7, 11) is 3.58. The van der Waals surface area contributed by atoms with Crippen molar-refractivity contribution >= 4 is 11.9 Å². The molecular formula is C21H36N4O2. The number of benzene rings is 1. The van der Waals surface area contributed by atoms with E-state index >= 15 is 0 Å². The van der Waals surface area contributed by atoms with Gasteiger partial charge >= 0.3 is 0 Å². The van der Waals surface area contributed by atoms with Crippen LogP contribution < -0.4 is 15.4 Å². The van der Waals surface area contributed by atoms with Crippen LogP contribution in [0.3, 0.4) is 0 Å². The Balaban J connectivity index is 2.43. The second-order valence-corrected chi connectivity index (χ2v) is 8.23. The van der Waals surface area contributed by atoms with Gasteiger partial charge in [0.05, 0.1) is 13.2 Å². The molecule has 0 aliphatic heterocycles. The molecule has 0 bridgehead atoms. The molecule has 6 heteroatoms. The minimum atomic E-state index is -0.236. The maximum absolute atomic E-state index is 12.1. The fraction of sp³-hybridized carbons (Fsp3) is 0.619. The first-order valence-corrected chi connectivity index (χ1v) is 9.55. The summed E-state index contributed by atoms with van der Waals surface area (Å²) in [6.45, 7) is 11.9. The number of carbonyl (C=O) groups excluding carboxylic acids is 1. The summed E-state index contributed by atoms with van der Waals surface area (Å²) >= 11 is 0. The average Bonchev–Trinajstić information content (AvgIpc) is 2.56. The van der Waals surface area contributed by atoms with Crippen molar-refractivity contribution in [3.05, 3.63) is 29.8 Å². The normalized spacial score (nSPS) is 12.1. The minimum absolute atomic E-state index is 0.0232. The van der Waals surface area contributed by atoms with E-state index in [0.717, 1.165) is 25.3 Å². The summed E-state index contributed by atoms with van der Waals surface area (Å²) in [5.74, 6) is 2.10. The van der Waals surface area contributed by atoms with E-state index in [-0.39, 0.29) is 18.0 Å². The van der Waals surface area contributed by atoms with Crippen LogP contribution in [-0.4, -0.2) is 56.1 Å². The van der Waals surface area contributed by atoms with Gasteiger partial charge in [0.25, 0.3) is 0 Å². The number of nitrogens with zero attached hydrogens (tertiary/aromatic N) is 2. The summed E-state index contributed by atoms with van der Waals surface area (Å²) in [5.41, 5.74) is 0.989. The Morgan fingerprint density at radius 3 is 2.37 bits per heavy atom. The molecule has 0 atom stereocenters. The van der Waals surface area contributed by atoms with E-state index in [2.05, 4.69) is 41.6 Å². The number of rotatable bonds is 8. The highest BCUT2D eigenvalue weighted by molar-refractivity contribution is 5.86. The zero-order chi connectivity index (χ0) is 20.4. The van der Waals surface area contributed by atoms with Crippen molar-refractivity contribution < 1.29 is 9.53 Å². The van der Waals surface area contributed by atoms with Crippen LogP contribution in [0.25, 0.3) is 0 Å². The van der Waals surface area contributed by atoms with E-state index in [0.29, 0.717) is 11.9 Å². The van der Waals surface area contributed by atoms with Crippen molar-refractivity contribution in [2.45, 2.75) is 46.6 Å². The molecule has 2 N–H and O–H groups in total. The molecule has 0 fully saturated rings. The van der Waals surface area contributed by atoms with Crippen molar-refractivity contribution in [1.82, 2.24) is 15.5 Å². The summed E-state index contributed by atoms with van der Waals surface area (Å²) in [4.78, 5) is 18.1. The monoisotopic (exact) mass is 376 g/mol. The van der Waals surface area contributed by atoms with Gasteiger partial charge in [-0.15, -0.1) is 0 Å². The minimum Gasteiger partial charge on any atom is -0.493 e. The van der Waals surface area contributed by atoms with Gasteiger partial charge in [-0.05, 0) is 50.8 Å². The molecule has 0 aliphatic rings. The Bertz CT molecular complexity index is 604. The second kappa shape index (κ2) is 10.8. The Labute approximate surface area is 164 Å². The van der Waals surface area contributed by atoms with E-state index in [1.807, 2.05) is 44.9 Å². The third kappa shape index (κ3) is 9.87. The molecule has 0 aliphatic carbocycles. The van der Waals surface area contributed by atoms with Crippen LogP contribution in [-0.2, 0) is 11.2 Å². The summed E-state index contributed by atoms with van der Waals surface area (Å²) in [5, 5.41) is 6.26. The number of aliphatic imine (C=N–C) groups is 1. The molecule has 1 rings (SSSR count). The number of amides is 1. The number of ether oxygens (including phenoxy) is 1. The number of likely N-dealkylation sites (N-methyl/N-ethyl adjacent to an activating group) is 1. The highest BCUT2D eigenvalue weighted by atomic mass is 16.5. The number of hydrogen-bond acceptors (Lipinski definition) is 3. The highest BCUT2D eigenvalue weighted by Gasteiger charge is 2.16. The Kier molecular flexibility index (Phi) is 9.12. The van der Waals surface area contributed by atoms with Gasteiger partial charge in [0.1, 0.15) is 5.75 Å². The second-order valence-electron chi connectivity index (χ2n) is 8.23. The third-order valence-electron chi connectivity index (χ3n) is 3.67. The standard InChI is InChI=1S/C21H36N4O2/c1-16(2)15-27-18-10-8-17(9-11-18)12-13-23-20(22-6)25(7)14-19(26)24-21(3,4)5/h8-11,16H,12-15H2,1-7H3,(H,22,23)(H,24,26). The predicted octanol–water partition coefficient (Wildman–Crippen LogP) is 2.69. The molecule has 0 aromatic heterocycles. The van der Waals surface area contributed by atoms with E-state index in [1.54, 1.807) is 7.05 Å². The van der Waals surface area contributed by atoms with Gasteiger partial charge in [-0.1, -0.05) is 26.0 Å². The van der Waals surface area contributed by atoms with Gasteiger partial charge in [-0.25, -0.2) is 0 Å². The topological polar surface area (TPSA) is 66.0 Å². The third-order valence-corrected chi connectivity index (χ3v) is 3.67. The molecule has 0 radical (unpaired) electrons. The number of guanidine groups is 1. The zero-order valence-corrected chi connectivity index (χ0v) is 17.9. The van der Waals surface area contributed by atoms with Gasteiger partial charge < -0.3 is 20.3 Å². The molecule has 1 aromatic rings. The Morgan fingerprint density at radius 2 is 1.85 bits per heavy atom. The first-order chi connectivity index (χ1) is 12.6. The molecule has 6 nitrogen and oxygen atoms in total. The maximum Gasteiger partial charge on any atom is 0.240 e. The SMILES string of the molecule is CN=C(NCCc1ccc(OCC(C)C)cc1)N(C)CC(=O)NC(C)(C)C. The van der Waals surface area contributed by atoms with Crippen LogP contribution in [0.4, 0.5) is 0 Å². The summed E-state index contributed by atoms with van der Waals surface area (Å²) in [6.07, 6.45) is 0.867. The molecular weight excluding hydrogens is 340 g/mol. The smallest absolute Gasteiger partial charge is 0.240 e. The molecule has 152 valence electrons. The van der Waals surface area contributed by atoms with E-state index in [9.17, 15) is 4.79 Å². The van der Waals surface area contributed by atoms with Crippen LogP contribution in [0.1, 0.15) is 40.2 Å². The van der Waals surface area contributed by atoms with Crippen molar-refractivity contribution in [3.63, 3.8) is 0 Å². The lowest BCUT2D eigenvalue weighted by atomic mass is 10.1. The fourth-order valence-corrected chi connectivity index (χ4v) is 2.47.